The summed E-state index contributed by atoms with van der Waals surface area (Å²) in [4.78, 5) is 21.6. The Labute approximate surface area is 94.9 Å². The standard InChI is InChI=1S/C6HBrF4.H3O4P/c7-4-5(10)2(8)1-3(9)6(4)11;1-5(2,3)4/h1H;(H3,1,2,3,4). The second-order valence-electron chi connectivity index (χ2n) is 2.30. The zero-order chi connectivity index (χ0) is 13.1. The van der Waals surface area contributed by atoms with Crippen LogP contribution in [-0.2, 0) is 4.57 Å². The summed E-state index contributed by atoms with van der Waals surface area (Å²) >= 11 is 2.35. The molecular weight excluding hydrogens is 323 g/mol. The Morgan fingerprint density at radius 2 is 1.25 bits per heavy atom. The van der Waals surface area contributed by atoms with Crippen LogP contribution in [-0.4, -0.2) is 14.7 Å². The van der Waals surface area contributed by atoms with E-state index in [2.05, 4.69) is 15.9 Å². The second-order valence-corrected chi connectivity index (χ2v) is 4.11. The predicted octanol–water partition coefficient (Wildman–Crippen LogP) is 2.08. The van der Waals surface area contributed by atoms with Crippen molar-refractivity contribution >= 4 is 23.8 Å². The van der Waals surface area contributed by atoms with Crippen LogP contribution >= 0.6 is 23.8 Å². The molecule has 0 aliphatic heterocycles. The molecule has 0 aliphatic rings. The van der Waals surface area contributed by atoms with E-state index in [9.17, 15) is 17.6 Å². The van der Waals surface area contributed by atoms with Gasteiger partial charge in [-0.05, 0) is 15.9 Å². The second kappa shape index (κ2) is 5.74. The molecular formula is C6H4BrF4O4P. The summed E-state index contributed by atoms with van der Waals surface area (Å²) in [7, 11) is -4.64. The summed E-state index contributed by atoms with van der Waals surface area (Å²) < 4.78 is 57.2. The third kappa shape index (κ3) is 5.57. The number of benzene rings is 1. The highest BCUT2D eigenvalue weighted by Crippen LogP contribution is 2.26. The predicted molar refractivity (Wildman–Crippen MR) is 48.2 cm³/mol. The van der Waals surface area contributed by atoms with Crippen LogP contribution in [0.2, 0.25) is 0 Å². The summed E-state index contributed by atoms with van der Waals surface area (Å²) in [6.45, 7) is 0. The summed E-state index contributed by atoms with van der Waals surface area (Å²) in [6, 6.07) is 0.148. The minimum absolute atomic E-state index is 0.148. The molecule has 0 saturated heterocycles. The number of phosphoric acid groups is 1. The lowest BCUT2D eigenvalue weighted by molar-refractivity contribution is 0.275. The van der Waals surface area contributed by atoms with Gasteiger partial charge in [-0.3, -0.25) is 0 Å². The molecule has 0 radical (unpaired) electrons. The molecule has 0 aliphatic carbocycles. The summed E-state index contributed by atoms with van der Waals surface area (Å²) in [5, 5.41) is 0. The monoisotopic (exact) mass is 326 g/mol. The normalized spacial score (nSPS) is 10.8. The molecule has 3 N–H and O–H groups in total. The van der Waals surface area contributed by atoms with E-state index in [1.54, 1.807) is 0 Å². The van der Waals surface area contributed by atoms with Crippen molar-refractivity contribution in [3.63, 3.8) is 0 Å². The van der Waals surface area contributed by atoms with E-state index in [0.29, 0.717) is 0 Å². The van der Waals surface area contributed by atoms with Crippen molar-refractivity contribution in [2.45, 2.75) is 0 Å². The Balaban J connectivity index is 0.000000385. The van der Waals surface area contributed by atoms with Crippen LogP contribution in [0, 0.1) is 23.3 Å². The van der Waals surface area contributed by atoms with Gasteiger partial charge in [0, 0.05) is 6.07 Å². The Kier molecular flexibility index (Phi) is 5.57. The topological polar surface area (TPSA) is 77.8 Å². The summed E-state index contributed by atoms with van der Waals surface area (Å²) in [6.07, 6.45) is 0. The molecule has 16 heavy (non-hydrogen) atoms. The van der Waals surface area contributed by atoms with Gasteiger partial charge >= 0.3 is 7.82 Å². The van der Waals surface area contributed by atoms with Crippen LogP contribution in [0.5, 0.6) is 0 Å². The average Bonchev–Trinajstić information content (AvgIpc) is 2.09. The highest BCUT2D eigenvalue weighted by atomic mass is 79.9. The first-order valence-corrected chi connectivity index (χ1v) is 5.66. The smallest absolute Gasteiger partial charge is 0.303 e. The van der Waals surface area contributed by atoms with E-state index in [4.69, 9.17) is 19.2 Å². The van der Waals surface area contributed by atoms with Gasteiger partial charge < -0.3 is 14.7 Å². The van der Waals surface area contributed by atoms with Crippen LogP contribution < -0.4 is 0 Å². The van der Waals surface area contributed by atoms with Gasteiger partial charge in [-0.15, -0.1) is 0 Å². The lowest BCUT2D eigenvalue weighted by Crippen LogP contribution is -1.94. The fourth-order valence-corrected chi connectivity index (χ4v) is 0.923. The zero-order valence-electron chi connectivity index (χ0n) is 7.16. The van der Waals surface area contributed by atoms with Crippen LogP contribution in [0.25, 0.3) is 0 Å². The highest BCUT2D eigenvalue weighted by Gasteiger charge is 2.15. The SMILES string of the molecule is Fc1cc(F)c(F)c(Br)c1F.O=P(O)(O)O. The van der Waals surface area contributed by atoms with E-state index in [0.717, 1.165) is 0 Å². The van der Waals surface area contributed by atoms with E-state index in [-0.39, 0.29) is 6.07 Å². The number of hydrogen-bond donors (Lipinski definition) is 3. The molecule has 1 aromatic rings. The maximum Gasteiger partial charge on any atom is 0.466 e. The molecule has 0 atom stereocenters. The van der Waals surface area contributed by atoms with Crippen molar-refractivity contribution < 1.29 is 36.8 Å². The van der Waals surface area contributed by atoms with Gasteiger partial charge in [0.05, 0.1) is 4.47 Å². The van der Waals surface area contributed by atoms with Gasteiger partial charge in [0.15, 0.2) is 23.3 Å². The van der Waals surface area contributed by atoms with Crippen molar-refractivity contribution in [3.05, 3.63) is 33.8 Å². The van der Waals surface area contributed by atoms with E-state index < -0.39 is 35.6 Å². The number of rotatable bonds is 0. The molecule has 0 fully saturated rings. The summed E-state index contributed by atoms with van der Waals surface area (Å²) in [5.74, 6) is -5.70. The number of halogens is 5. The average molecular weight is 327 g/mol. The van der Waals surface area contributed by atoms with Gasteiger partial charge in [0.25, 0.3) is 0 Å². The van der Waals surface area contributed by atoms with E-state index >= 15 is 0 Å². The minimum Gasteiger partial charge on any atom is -0.303 e. The van der Waals surface area contributed by atoms with E-state index in [1.807, 2.05) is 0 Å². The fourth-order valence-electron chi connectivity index (χ4n) is 0.544. The lowest BCUT2D eigenvalue weighted by Gasteiger charge is -1.98. The van der Waals surface area contributed by atoms with Gasteiger partial charge in [-0.25, -0.2) is 22.1 Å². The molecule has 0 amide bonds. The van der Waals surface area contributed by atoms with Crippen molar-refractivity contribution in [3.8, 4) is 0 Å². The van der Waals surface area contributed by atoms with Gasteiger partial charge in [0.1, 0.15) is 0 Å². The van der Waals surface area contributed by atoms with Crippen molar-refractivity contribution in [2.24, 2.45) is 0 Å². The Morgan fingerprint density at radius 1 is 1.00 bits per heavy atom. The van der Waals surface area contributed by atoms with Crippen LogP contribution in [0.3, 0.4) is 0 Å². The Morgan fingerprint density at radius 3 is 1.50 bits per heavy atom. The molecule has 92 valence electrons. The van der Waals surface area contributed by atoms with Crippen molar-refractivity contribution in [1.29, 1.82) is 0 Å². The first-order valence-electron chi connectivity index (χ1n) is 3.30. The van der Waals surface area contributed by atoms with E-state index in [1.165, 1.54) is 0 Å². The molecule has 4 nitrogen and oxygen atoms in total. The molecule has 0 aromatic heterocycles. The molecule has 10 heteroatoms. The third-order valence-electron chi connectivity index (χ3n) is 1.06. The van der Waals surface area contributed by atoms with Gasteiger partial charge in [-0.1, -0.05) is 0 Å². The van der Waals surface area contributed by atoms with Crippen LogP contribution in [0.1, 0.15) is 0 Å². The van der Waals surface area contributed by atoms with Gasteiger partial charge in [-0.2, -0.15) is 0 Å². The molecule has 0 saturated carbocycles. The molecule has 1 rings (SSSR count). The highest BCUT2D eigenvalue weighted by molar-refractivity contribution is 9.10. The minimum atomic E-state index is -4.64. The van der Waals surface area contributed by atoms with Crippen molar-refractivity contribution in [2.75, 3.05) is 0 Å². The Bertz CT molecular complexity index is 401. The molecule has 0 bridgehead atoms. The quantitative estimate of drug-likeness (QED) is 0.295. The number of hydrogen-bond acceptors (Lipinski definition) is 1. The van der Waals surface area contributed by atoms with Crippen LogP contribution in [0.15, 0.2) is 10.5 Å². The molecule has 0 heterocycles. The zero-order valence-corrected chi connectivity index (χ0v) is 9.64. The lowest BCUT2D eigenvalue weighted by atomic mass is 10.3. The largest absolute Gasteiger partial charge is 0.466 e. The summed E-state index contributed by atoms with van der Waals surface area (Å²) in [5.41, 5.74) is 0. The van der Waals surface area contributed by atoms with Crippen molar-refractivity contribution in [1.82, 2.24) is 0 Å². The first-order chi connectivity index (χ1) is 7.04. The molecule has 0 unspecified atom stereocenters. The Hall–Kier alpha value is -0.470. The molecule has 1 aromatic carbocycles. The maximum atomic E-state index is 12.3. The molecule has 0 spiro atoms. The third-order valence-corrected chi connectivity index (χ3v) is 1.75. The maximum absolute atomic E-state index is 12.3. The fraction of sp³-hybridized carbons (Fsp3) is 0. The van der Waals surface area contributed by atoms with Gasteiger partial charge in [0.2, 0.25) is 0 Å². The first kappa shape index (κ1) is 15.5. The van der Waals surface area contributed by atoms with Crippen LogP contribution in [0.4, 0.5) is 17.6 Å².